The van der Waals surface area contributed by atoms with Crippen LogP contribution in [0.25, 0.3) is 0 Å². The van der Waals surface area contributed by atoms with E-state index in [0.29, 0.717) is 16.4 Å². The van der Waals surface area contributed by atoms with E-state index < -0.39 is 0 Å². The summed E-state index contributed by atoms with van der Waals surface area (Å²) in [5.41, 5.74) is 5.80. The van der Waals surface area contributed by atoms with Crippen LogP contribution in [0.5, 0.6) is 0 Å². The second-order valence-corrected chi connectivity index (χ2v) is 6.19. The first-order valence-corrected chi connectivity index (χ1v) is 7.34. The molecule has 100 valence electrons. The topological polar surface area (TPSA) is 58.6 Å². The van der Waals surface area contributed by atoms with Gasteiger partial charge in [-0.2, -0.15) is 0 Å². The Morgan fingerprint density at radius 1 is 1.56 bits per heavy atom. The second kappa shape index (κ2) is 6.99. The van der Waals surface area contributed by atoms with Gasteiger partial charge in [0.2, 0.25) is 0 Å². The number of oxime groups is 1. The van der Waals surface area contributed by atoms with E-state index in [4.69, 9.17) is 10.9 Å². The Kier molecular flexibility index (Phi) is 5.95. The van der Waals surface area contributed by atoms with Crippen LogP contribution in [0.4, 0.5) is 4.39 Å². The van der Waals surface area contributed by atoms with Crippen LogP contribution in [0.1, 0.15) is 25.8 Å². The number of halogens is 2. The molecule has 0 unspecified atom stereocenters. The fourth-order valence-electron chi connectivity index (χ4n) is 1.30. The summed E-state index contributed by atoms with van der Waals surface area (Å²) in [5.74, 6) is 0.983. The molecule has 0 aliphatic heterocycles. The van der Waals surface area contributed by atoms with Crippen molar-refractivity contribution in [3.05, 3.63) is 28.0 Å². The summed E-state index contributed by atoms with van der Waals surface area (Å²) in [5, 5.41) is 11.5. The van der Waals surface area contributed by atoms with Crippen LogP contribution in [0.15, 0.2) is 26.7 Å². The van der Waals surface area contributed by atoms with E-state index in [2.05, 4.69) is 34.9 Å². The number of hydrogen-bond acceptors (Lipinski definition) is 3. The first kappa shape index (κ1) is 15.3. The Morgan fingerprint density at radius 3 is 2.78 bits per heavy atom. The predicted octanol–water partition coefficient (Wildman–Crippen LogP) is 3.82. The van der Waals surface area contributed by atoms with Crippen molar-refractivity contribution in [3.8, 4) is 0 Å². The van der Waals surface area contributed by atoms with Gasteiger partial charge in [0.1, 0.15) is 0 Å². The Balaban J connectivity index is 2.88. The standard InChI is InChI=1S/C12H16BrFN2OS/c1-7(2)5-6-18-9-4-3-8(12(15)16-17)10(13)11(9)14/h3-4,7,17H,5-6H2,1-2H3,(H2,15,16). The first-order valence-electron chi connectivity index (χ1n) is 5.56. The van der Waals surface area contributed by atoms with E-state index in [9.17, 15) is 4.39 Å². The zero-order valence-electron chi connectivity index (χ0n) is 10.3. The van der Waals surface area contributed by atoms with E-state index >= 15 is 0 Å². The lowest BCUT2D eigenvalue weighted by molar-refractivity contribution is 0.318. The van der Waals surface area contributed by atoms with Gasteiger partial charge in [0, 0.05) is 10.5 Å². The van der Waals surface area contributed by atoms with Gasteiger partial charge < -0.3 is 10.9 Å². The van der Waals surface area contributed by atoms with Crippen LogP contribution < -0.4 is 5.73 Å². The van der Waals surface area contributed by atoms with Gasteiger partial charge in [-0.1, -0.05) is 19.0 Å². The Labute approximate surface area is 119 Å². The molecular formula is C12H16BrFN2OS. The lowest BCUT2D eigenvalue weighted by atomic mass is 10.2. The van der Waals surface area contributed by atoms with Crippen LogP contribution in [0.3, 0.4) is 0 Å². The van der Waals surface area contributed by atoms with E-state index in [1.165, 1.54) is 11.8 Å². The summed E-state index contributed by atoms with van der Waals surface area (Å²) < 4.78 is 14.3. The van der Waals surface area contributed by atoms with E-state index in [0.717, 1.165) is 12.2 Å². The molecule has 0 bridgehead atoms. The maximum Gasteiger partial charge on any atom is 0.171 e. The van der Waals surface area contributed by atoms with Crippen molar-refractivity contribution in [1.29, 1.82) is 0 Å². The van der Waals surface area contributed by atoms with Gasteiger partial charge in [0.25, 0.3) is 0 Å². The number of amidine groups is 1. The van der Waals surface area contributed by atoms with Crippen molar-refractivity contribution in [3.63, 3.8) is 0 Å². The summed E-state index contributed by atoms with van der Waals surface area (Å²) in [6, 6.07) is 3.29. The normalized spacial score (nSPS) is 12.2. The molecule has 3 nitrogen and oxygen atoms in total. The lowest BCUT2D eigenvalue weighted by Gasteiger charge is -2.09. The fourth-order valence-corrected chi connectivity index (χ4v) is 3.18. The first-order chi connectivity index (χ1) is 8.47. The van der Waals surface area contributed by atoms with Gasteiger partial charge >= 0.3 is 0 Å². The van der Waals surface area contributed by atoms with Gasteiger partial charge in [0.15, 0.2) is 11.7 Å². The Hall–Kier alpha value is -0.750. The molecule has 0 radical (unpaired) electrons. The van der Waals surface area contributed by atoms with E-state index in [-0.39, 0.29) is 16.1 Å². The van der Waals surface area contributed by atoms with Crippen LogP contribution in [0.2, 0.25) is 0 Å². The van der Waals surface area contributed by atoms with Crippen molar-refractivity contribution in [1.82, 2.24) is 0 Å². The number of nitrogens with two attached hydrogens (primary N) is 1. The Bertz CT molecular complexity index is 452. The molecule has 0 amide bonds. The quantitative estimate of drug-likeness (QED) is 0.283. The number of nitrogens with zero attached hydrogens (tertiary/aromatic N) is 1. The highest BCUT2D eigenvalue weighted by atomic mass is 79.9. The molecule has 3 N–H and O–H groups in total. The number of thioether (sulfide) groups is 1. The van der Waals surface area contributed by atoms with Gasteiger partial charge in [-0.25, -0.2) is 4.39 Å². The highest BCUT2D eigenvalue weighted by Gasteiger charge is 2.14. The SMILES string of the molecule is CC(C)CCSc1ccc(/C(N)=N/O)c(Br)c1F. The molecule has 1 aromatic carbocycles. The highest BCUT2D eigenvalue weighted by molar-refractivity contribution is 9.10. The van der Waals surface area contributed by atoms with Crippen molar-refractivity contribution < 1.29 is 9.60 Å². The molecule has 18 heavy (non-hydrogen) atoms. The zero-order chi connectivity index (χ0) is 13.7. The maximum atomic E-state index is 14.0. The Morgan fingerprint density at radius 2 is 2.22 bits per heavy atom. The third-order valence-corrected chi connectivity index (χ3v) is 4.22. The second-order valence-electron chi connectivity index (χ2n) is 4.26. The molecule has 0 aliphatic carbocycles. The molecule has 0 heterocycles. The number of benzene rings is 1. The molecule has 1 rings (SSSR count). The molecule has 0 spiro atoms. The summed E-state index contributed by atoms with van der Waals surface area (Å²) in [7, 11) is 0. The molecular weight excluding hydrogens is 319 g/mol. The summed E-state index contributed by atoms with van der Waals surface area (Å²) in [6.45, 7) is 4.27. The summed E-state index contributed by atoms with van der Waals surface area (Å²) >= 11 is 4.60. The van der Waals surface area contributed by atoms with Crippen molar-refractivity contribution in [2.45, 2.75) is 25.2 Å². The van der Waals surface area contributed by atoms with Crippen LogP contribution in [0, 0.1) is 11.7 Å². The van der Waals surface area contributed by atoms with Gasteiger partial charge in [-0.05, 0) is 46.2 Å². The smallest absolute Gasteiger partial charge is 0.171 e. The minimum absolute atomic E-state index is 0.112. The van der Waals surface area contributed by atoms with Crippen LogP contribution >= 0.6 is 27.7 Å². The summed E-state index contributed by atoms with van der Waals surface area (Å²) in [4.78, 5) is 0.567. The summed E-state index contributed by atoms with van der Waals surface area (Å²) in [6.07, 6.45) is 1.03. The number of rotatable bonds is 5. The van der Waals surface area contributed by atoms with Crippen molar-refractivity contribution in [2.75, 3.05) is 5.75 Å². The molecule has 0 saturated heterocycles. The zero-order valence-corrected chi connectivity index (χ0v) is 12.7. The molecule has 0 atom stereocenters. The molecule has 1 aromatic rings. The fraction of sp³-hybridized carbons (Fsp3) is 0.417. The van der Waals surface area contributed by atoms with E-state index in [1.807, 2.05) is 0 Å². The van der Waals surface area contributed by atoms with E-state index in [1.54, 1.807) is 12.1 Å². The highest BCUT2D eigenvalue weighted by Crippen LogP contribution is 2.30. The molecule has 0 aromatic heterocycles. The van der Waals surface area contributed by atoms with Gasteiger partial charge in [-0.3, -0.25) is 0 Å². The predicted molar refractivity (Wildman–Crippen MR) is 76.8 cm³/mol. The average molecular weight is 335 g/mol. The third-order valence-electron chi connectivity index (χ3n) is 2.38. The molecule has 0 saturated carbocycles. The van der Waals surface area contributed by atoms with Crippen molar-refractivity contribution in [2.24, 2.45) is 16.8 Å². The minimum atomic E-state index is -0.368. The molecule has 0 fully saturated rings. The van der Waals surface area contributed by atoms with Crippen LogP contribution in [-0.2, 0) is 0 Å². The lowest BCUT2D eigenvalue weighted by Crippen LogP contribution is -2.14. The monoisotopic (exact) mass is 334 g/mol. The average Bonchev–Trinajstić information content (AvgIpc) is 2.33. The number of hydrogen-bond donors (Lipinski definition) is 2. The minimum Gasteiger partial charge on any atom is -0.409 e. The van der Waals surface area contributed by atoms with Crippen molar-refractivity contribution >= 4 is 33.5 Å². The maximum absolute atomic E-state index is 14.0. The third kappa shape index (κ3) is 3.88. The molecule has 6 heteroatoms. The van der Waals surface area contributed by atoms with Gasteiger partial charge in [0.05, 0.1) is 4.47 Å². The molecule has 0 aliphatic rings. The van der Waals surface area contributed by atoms with Gasteiger partial charge in [-0.15, -0.1) is 11.8 Å². The largest absolute Gasteiger partial charge is 0.409 e. The van der Waals surface area contributed by atoms with Crippen LogP contribution in [-0.4, -0.2) is 16.8 Å².